The van der Waals surface area contributed by atoms with Crippen molar-refractivity contribution in [3.8, 4) is 22.6 Å². The summed E-state index contributed by atoms with van der Waals surface area (Å²) in [6.45, 7) is 0. The number of aromatic nitrogens is 4. The van der Waals surface area contributed by atoms with Crippen LogP contribution in [0.4, 0.5) is 17.6 Å². The van der Waals surface area contributed by atoms with E-state index in [-0.39, 0.29) is 34.1 Å². The third-order valence-electron chi connectivity index (χ3n) is 4.43. The second-order valence-electron chi connectivity index (χ2n) is 6.75. The number of nitrogens with one attached hydrogen (secondary N) is 1. The molecule has 160 valence electrons. The molecule has 8 nitrogen and oxygen atoms in total. The SMILES string of the molecule is CN(C)C(=O)c1ncc(-c2c[nH]n3c(=O)cc(-c4ccc(C(F)(F)F)cc4F)nc23)o1. The Bertz CT molecular complexity index is 1370. The Labute approximate surface area is 170 Å². The number of rotatable bonds is 3. The molecule has 1 aromatic carbocycles. The minimum absolute atomic E-state index is 0.0156. The maximum atomic E-state index is 14.4. The third kappa shape index (κ3) is 3.56. The summed E-state index contributed by atoms with van der Waals surface area (Å²) in [7, 11) is 3.04. The first kappa shape index (κ1) is 20.3. The Kier molecular flexibility index (Phi) is 4.64. The van der Waals surface area contributed by atoms with Gasteiger partial charge in [0.25, 0.3) is 11.4 Å². The predicted octanol–water partition coefficient (Wildman–Crippen LogP) is 3.20. The van der Waals surface area contributed by atoms with E-state index >= 15 is 0 Å². The number of nitrogens with zero attached hydrogens (tertiary/aromatic N) is 4. The Morgan fingerprint density at radius 2 is 1.94 bits per heavy atom. The van der Waals surface area contributed by atoms with Gasteiger partial charge in [-0.3, -0.25) is 14.7 Å². The lowest BCUT2D eigenvalue weighted by molar-refractivity contribution is -0.137. The molecule has 0 spiro atoms. The molecule has 1 N–H and O–H groups in total. The smallest absolute Gasteiger partial charge is 0.416 e. The van der Waals surface area contributed by atoms with Crippen molar-refractivity contribution in [2.24, 2.45) is 0 Å². The lowest BCUT2D eigenvalue weighted by Gasteiger charge is -2.09. The first-order chi connectivity index (χ1) is 14.6. The van der Waals surface area contributed by atoms with E-state index in [1.54, 1.807) is 0 Å². The molecule has 0 unspecified atom stereocenters. The van der Waals surface area contributed by atoms with Gasteiger partial charge in [0, 0.05) is 31.9 Å². The van der Waals surface area contributed by atoms with Crippen LogP contribution < -0.4 is 5.56 Å². The van der Waals surface area contributed by atoms with E-state index < -0.39 is 29.0 Å². The van der Waals surface area contributed by atoms with Crippen molar-refractivity contribution in [1.82, 2.24) is 24.5 Å². The number of hydrogen-bond acceptors (Lipinski definition) is 5. The highest BCUT2D eigenvalue weighted by atomic mass is 19.4. The van der Waals surface area contributed by atoms with Crippen molar-refractivity contribution in [2.45, 2.75) is 6.18 Å². The Morgan fingerprint density at radius 1 is 1.19 bits per heavy atom. The minimum atomic E-state index is -4.71. The maximum Gasteiger partial charge on any atom is 0.416 e. The van der Waals surface area contributed by atoms with Crippen molar-refractivity contribution >= 4 is 11.6 Å². The van der Waals surface area contributed by atoms with Gasteiger partial charge in [-0.2, -0.15) is 13.2 Å². The van der Waals surface area contributed by atoms with Crippen molar-refractivity contribution in [1.29, 1.82) is 0 Å². The number of carbonyl (C=O) groups excluding carboxylic acids is 1. The van der Waals surface area contributed by atoms with E-state index in [2.05, 4.69) is 15.1 Å². The van der Waals surface area contributed by atoms with Gasteiger partial charge in [-0.15, -0.1) is 0 Å². The van der Waals surface area contributed by atoms with Crippen LogP contribution in [-0.4, -0.2) is 44.5 Å². The molecule has 0 aliphatic heterocycles. The minimum Gasteiger partial charge on any atom is -0.432 e. The molecule has 0 saturated heterocycles. The highest BCUT2D eigenvalue weighted by Crippen LogP contribution is 2.32. The quantitative estimate of drug-likeness (QED) is 0.499. The van der Waals surface area contributed by atoms with E-state index in [4.69, 9.17) is 4.42 Å². The lowest BCUT2D eigenvalue weighted by Crippen LogP contribution is -2.21. The third-order valence-corrected chi connectivity index (χ3v) is 4.43. The zero-order chi connectivity index (χ0) is 22.5. The zero-order valence-corrected chi connectivity index (χ0v) is 16.0. The van der Waals surface area contributed by atoms with Gasteiger partial charge in [-0.05, 0) is 18.2 Å². The molecular formula is C19H13F4N5O3. The molecule has 1 amide bonds. The van der Waals surface area contributed by atoms with Crippen LogP contribution in [0.2, 0.25) is 0 Å². The predicted molar refractivity (Wildman–Crippen MR) is 99.7 cm³/mol. The number of benzene rings is 1. The molecule has 0 aliphatic rings. The molecule has 4 rings (SSSR count). The molecule has 12 heteroatoms. The number of aromatic amines is 1. The number of halogens is 4. The summed E-state index contributed by atoms with van der Waals surface area (Å²) in [6.07, 6.45) is -2.07. The number of H-pyrrole nitrogens is 1. The van der Waals surface area contributed by atoms with E-state index in [0.717, 1.165) is 16.6 Å². The monoisotopic (exact) mass is 435 g/mol. The second-order valence-corrected chi connectivity index (χ2v) is 6.75. The van der Waals surface area contributed by atoms with Crippen LogP contribution in [-0.2, 0) is 6.18 Å². The number of carbonyl (C=O) groups is 1. The van der Waals surface area contributed by atoms with Crippen LogP contribution in [0.3, 0.4) is 0 Å². The fraction of sp³-hybridized carbons (Fsp3) is 0.158. The summed E-state index contributed by atoms with van der Waals surface area (Å²) in [6, 6.07) is 2.94. The molecule has 31 heavy (non-hydrogen) atoms. The largest absolute Gasteiger partial charge is 0.432 e. The molecule has 3 heterocycles. The topological polar surface area (TPSA) is 96.5 Å². The number of alkyl halides is 3. The fourth-order valence-corrected chi connectivity index (χ4v) is 2.89. The molecule has 0 bridgehead atoms. The van der Waals surface area contributed by atoms with E-state index in [0.29, 0.717) is 12.1 Å². The Morgan fingerprint density at radius 3 is 2.58 bits per heavy atom. The van der Waals surface area contributed by atoms with Gasteiger partial charge in [0.1, 0.15) is 5.82 Å². The van der Waals surface area contributed by atoms with E-state index in [9.17, 15) is 27.2 Å². The van der Waals surface area contributed by atoms with Crippen LogP contribution in [0.1, 0.15) is 16.2 Å². The normalized spacial score (nSPS) is 11.8. The highest BCUT2D eigenvalue weighted by Gasteiger charge is 2.31. The van der Waals surface area contributed by atoms with Crippen molar-refractivity contribution in [2.75, 3.05) is 14.1 Å². The average molecular weight is 435 g/mol. The van der Waals surface area contributed by atoms with Crippen LogP contribution >= 0.6 is 0 Å². The van der Waals surface area contributed by atoms with Crippen LogP contribution in [0.5, 0.6) is 0 Å². The summed E-state index contributed by atoms with van der Waals surface area (Å²) in [5, 5.41) is 2.65. The summed E-state index contributed by atoms with van der Waals surface area (Å²) in [5.74, 6) is -1.74. The lowest BCUT2D eigenvalue weighted by atomic mass is 10.1. The first-order valence-electron chi connectivity index (χ1n) is 8.72. The molecule has 4 aromatic rings. The van der Waals surface area contributed by atoms with Gasteiger partial charge < -0.3 is 9.32 Å². The zero-order valence-electron chi connectivity index (χ0n) is 16.0. The standard InChI is InChI=1S/C19H13F4N5O3/c1-27(2)18(30)17-24-8-14(31-17)11-7-25-28-15(29)6-13(26-16(11)28)10-4-3-9(5-12(10)20)19(21,22)23/h3-8,25H,1-2H3. The average Bonchev–Trinajstić information content (AvgIpc) is 3.33. The van der Waals surface area contributed by atoms with Crippen LogP contribution in [0, 0.1) is 5.82 Å². The maximum absolute atomic E-state index is 14.4. The van der Waals surface area contributed by atoms with Crippen LogP contribution in [0.25, 0.3) is 28.2 Å². The molecule has 0 saturated carbocycles. The molecule has 0 fully saturated rings. The van der Waals surface area contributed by atoms with Gasteiger partial charge in [-0.25, -0.2) is 18.9 Å². The number of fused-ring (bicyclic) bond motifs is 1. The molecule has 0 atom stereocenters. The Balaban J connectivity index is 1.83. The Hall–Kier alpha value is -3.96. The van der Waals surface area contributed by atoms with Gasteiger partial charge >= 0.3 is 12.1 Å². The number of amides is 1. The second kappa shape index (κ2) is 7.07. The molecule has 0 aliphatic carbocycles. The summed E-state index contributed by atoms with van der Waals surface area (Å²) >= 11 is 0. The summed E-state index contributed by atoms with van der Waals surface area (Å²) in [5.41, 5.74) is -1.97. The fourth-order valence-electron chi connectivity index (χ4n) is 2.89. The van der Waals surface area contributed by atoms with Gasteiger partial charge in [0.05, 0.1) is 23.0 Å². The summed E-state index contributed by atoms with van der Waals surface area (Å²) in [4.78, 5) is 33.8. The van der Waals surface area contributed by atoms with Crippen molar-refractivity contribution in [3.63, 3.8) is 0 Å². The van der Waals surface area contributed by atoms with Crippen molar-refractivity contribution < 1.29 is 26.8 Å². The number of oxazole rings is 1. The van der Waals surface area contributed by atoms with Crippen LogP contribution in [0.15, 0.2) is 45.9 Å². The molecular weight excluding hydrogens is 422 g/mol. The summed E-state index contributed by atoms with van der Waals surface area (Å²) < 4.78 is 59.3. The first-order valence-corrected chi connectivity index (χ1v) is 8.72. The number of hydrogen-bond donors (Lipinski definition) is 1. The highest BCUT2D eigenvalue weighted by molar-refractivity contribution is 5.90. The van der Waals surface area contributed by atoms with Gasteiger partial charge in [0.2, 0.25) is 0 Å². The van der Waals surface area contributed by atoms with Gasteiger partial charge in [0.15, 0.2) is 11.4 Å². The van der Waals surface area contributed by atoms with E-state index in [1.165, 1.54) is 31.4 Å². The molecule has 0 radical (unpaired) electrons. The van der Waals surface area contributed by atoms with E-state index in [1.807, 2.05) is 0 Å². The van der Waals surface area contributed by atoms with Gasteiger partial charge in [-0.1, -0.05) is 0 Å². The molecule has 3 aromatic heterocycles. The van der Waals surface area contributed by atoms with Crippen molar-refractivity contribution in [3.05, 3.63) is 64.3 Å².